The first-order valence-corrected chi connectivity index (χ1v) is 1.61. The van der Waals surface area contributed by atoms with E-state index in [-0.39, 0.29) is 0 Å². The second kappa shape index (κ2) is 2.79. The molecule has 0 aliphatic rings. The Morgan fingerprint density at radius 1 is 1.62 bits per heavy atom. The van der Waals surface area contributed by atoms with Crippen LogP contribution in [0.3, 0.4) is 0 Å². The van der Waals surface area contributed by atoms with Crippen molar-refractivity contribution in [2.24, 2.45) is 0 Å². The van der Waals surface area contributed by atoms with Gasteiger partial charge in [-0.2, -0.15) is 0 Å². The summed E-state index contributed by atoms with van der Waals surface area (Å²) in [6, 6.07) is -2.43. The fourth-order valence-electron chi connectivity index (χ4n) is 0.107. The first-order valence-electron chi connectivity index (χ1n) is 2.61. The summed E-state index contributed by atoms with van der Waals surface area (Å²) >= 11 is 0. The van der Waals surface area contributed by atoms with Gasteiger partial charge in [-0.05, 0) is 0 Å². The third-order valence-corrected chi connectivity index (χ3v) is 0.276. The van der Waals surface area contributed by atoms with E-state index >= 15 is 0 Å². The lowest BCUT2D eigenvalue weighted by atomic mass is 10.5. The van der Waals surface area contributed by atoms with E-state index in [1.807, 2.05) is 0 Å². The molecule has 2 N–H and O–H groups in total. The highest BCUT2D eigenvalue weighted by molar-refractivity contribution is 5.89. The fraction of sp³-hybridized carbons (Fsp3) is 0. The van der Waals surface area contributed by atoms with Gasteiger partial charge in [0.05, 0.1) is 2.74 Å². The van der Waals surface area contributed by atoms with E-state index in [0.717, 1.165) is 0 Å². The van der Waals surface area contributed by atoms with Crippen LogP contribution in [-0.4, -0.2) is 22.2 Å². The highest BCUT2D eigenvalue weighted by Gasteiger charge is 1.88. The highest BCUT2D eigenvalue weighted by atomic mass is 16.4. The van der Waals surface area contributed by atoms with Crippen LogP contribution in [-0.2, 0) is 9.59 Å². The van der Waals surface area contributed by atoms with E-state index in [9.17, 15) is 9.59 Å². The van der Waals surface area contributed by atoms with E-state index in [2.05, 4.69) is 0 Å². The molecule has 0 unspecified atom stereocenters. The lowest BCUT2D eigenvalue weighted by Gasteiger charge is -1.74. The molecule has 0 aromatic carbocycles. The Balaban J connectivity index is 4.67. The summed E-state index contributed by atoms with van der Waals surface area (Å²) < 4.78 is 12.9. The van der Waals surface area contributed by atoms with E-state index in [0.29, 0.717) is 0 Å². The van der Waals surface area contributed by atoms with Gasteiger partial charge in [-0.1, -0.05) is 0 Å². The third kappa shape index (κ3) is 4.68. The summed E-state index contributed by atoms with van der Waals surface area (Å²) in [4.78, 5) is 19.6. The molecule has 44 valence electrons. The fourth-order valence-corrected chi connectivity index (χ4v) is 0.107. The maximum Gasteiger partial charge on any atom is 0.328 e. The minimum absolute atomic E-state index is 1.22. The Kier molecular flexibility index (Phi) is 1.27. The predicted molar refractivity (Wildman–Crippen MR) is 24.4 cm³/mol. The summed E-state index contributed by atoms with van der Waals surface area (Å²) in [5.74, 6) is -3.43. The van der Waals surface area contributed by atoms with Gasteiger partial charge in [0.25, 0.3) is 0 Å². The maximum atomic E-state index is 9.82. The van der Waals surface area contributed by atoms with Crippen molar-refractivity contribution in [3.8, 4) is 0 Å². The van der Waals surface area contributed by atoms with E-state index in [1.165, 1.54) is 0 Å². The van der Waals surface area contributed by atoms with Crippen molar-refractivity contribution in [1.29, 1.82) is 0 Å². The predicted octanol–water partition coefficient (Wildman–Crippen LogP) is -0.288. The van der Waals surface area contributed by atoms with Crippen LogP contribution >= 0.6 is 0 Å². The van der Waals surface area contributed by atoms with Gasteiger partial charge in [-0.3, -0.25) is 0 Å². The minimum Gasteiger partial charge on any atom is -0.478 e. The Bertz CT molecular complexity index is 185. The number of aliphatic carboxylic acids is 2. The first kappa shape index (κ1) is 3.65. The SMILES string of the molecule is [2H]/C(C(=O)O)=C(/[2H])C(O)=[13O]. The summed E-state index contributed by atoms with van der Waals surface area (Å²) in [6.45, 7) is 0. The lowest BCUT2D eigenvalue weighted by Crippen LogP contribution is -1.91. The average molecular weight is 115 g/mol. The molecule has 0 rings (SSSR count). The van der Waals surface area contributed by atoms with Crippen molar-refractivity contribution in [1.82, 2.24) is 0 Å². The molecule has 0 fully saturated rings. The summed E-state index contributed by atoms with van der Waals surface area (Å²) in [5, 5.41) is 15.9. The lowest BCUT2D eigenvalue weighted by molar-refractivity contribution is -0.134. The van der Waals surface area contributed by atoms with Gasteiger partial charge in [0, 0.05) is 12.1 Å². The molecule has 0 aliphatic carbocycles. The molecule has 0 amide bonds. The van der Waals surface area contributed by atoms with Crippen molar-refractivity contribution < 1.29 is 22.5 Å². The monoisotopic (exact) mass is 115 g/mol. The second-order valence-electron chi connectivity index (χ2n) is 0.860. The van der Waals surface area contributed by atoms with Gasteiger partial charge < -0.3 is 10.2 Å². The molecule has 0 spiro atoms. The molecule has 4 nitrogen and oxygen atoms in total. The molecule has 0 aromatic rings. The van der Waals surface area contributed by atoms with Gasteiger partial charge in [-0.25, -0.2) is 9.59 Å². The molecule has 8 heavy (non-hydrogen) atoms. The summed E-state index contributed by atoms with van der Waals surface area (Å²) in [5.41, 5.74) is 0. The number of carbonyl (C=O) groups is 2. The van der Waals surface area contributed by atoms with Crippen LogP contribution in [0, 0.1) is 0 Å². The van der Waals surface area contributed by atoms with Crippen LogP contribution in [0.25, 0.3) is 0 Å². The molecule has 0 bridgehead atoms. The van der Waals surface area contributed by atoms with E-state index in [4.69, 9.17) is 13.0 Å². The van der Waals surface area contributed by atoms with Crippen LogP contribution in [0.5, 0.6) is 0 Å². The van der Waals surface area contributed by atoms with Crippen molar-refractivity contribution in [3.05, 3.63) is 12.1 Å². The molecule has 0 atom stereocenters. The molecule has 0 saturated carbocycles. The van der Waals surface area contributed by atoms with Crippen molar-refractivity contribution in [2.75, 3.05) is 0 Å². The maximum absolute atomic E-state index is 9.82. The molecule has 4 heteroatoms. The average Bonchev–Trinajstić information content (AvgIpc) is 1.84. The number of hydrogen-bond acceptors (Lipinski definition) is 2. The normalized spacial score (nSPS) is 15.5. The molecular weight excluding hydrogens is 109 g/mol. The van der Waals surface area contributed by atoms with Crippen LogP contribution in [0.1, 0.15) is 2.74 Å². The molecule has 0 aliphatic heterocycles. The van der Waals surface area contributed by atoms with E-state index < -0.39 is 24.0 Å². The van der Waals surface area contributed by atoms with Crippen LogP contribution in [0.15, 0.2) is 12.1 Å². The Morgan fingerprint density at radius 2 is 2.12 bits per heavy atom. The molecule has 0 saturated heterocycles. The zero-order valence-electron chi connectivity index (χ0n) is 5.71. The summed E-state index contributed by atoms with van der Waals surface area (Å²) in [7, 11) is 0. The topological polar surface area (TPSA) is 74.6 Å². The van der Waals surface area contributed by atoms with Crippen LogP contribution in [0.4, 0.5) is 0 Å². The van der Waals surface area contributed by atoms with Crippen molar-refractivity contribution in [2.45, 2.75) is 0 Å². The van der Waals surface area contributed by atoms with Gasteiger partial charge in [0.2, 0.25) is 0 Å². The summed E-state index contributed by atoms with van der Waals surface area (Å²) in [6.07, 6.45) is 0. The van der Waals surface area contributed by atoms with Gasteiger partial charge in [-0.15, -0.1) is 0 Å². The first-order chi connectivity index (χ1) is 4.46. The molecular formula is C4H4O4. The third-order valence-electron chi connectivity index (χ3n) is 0.276. The quantitative estimate of drug-likeness (QED) is 0.485. The second-order valence-corrected chi connectivity index (χ2v) is 0.860. The van der Waals surface area contributed by atoms with Crippen LogP contribution < -0.4 is 0 Å². The number of hydrogen-bond donors (Lipinski definition) is 2. The highest BCUT2D eigenvalue weighted by Crippen LogP contribution is 1.70. The Labute approximate surface area is 47.9 Å². The van der Waals surface area contributed by atoms with Crippen molar-refractivity contribution >= 4 is 11.9 Å². The number of rotatable bonds is 2. The zero-order valence-corrected chi connectivity index (χ0v) is 3.71. The van der Waals surface area contributed by atoms with Gasteiger partial charge in [0.15, 0.2) is 0 Å². The zero-order chi connectivity index (χ0) is 8.31. The van der Waals surface area contributed by atoms with E-state index in [1.54, 1.807) is 0 Å². The molecule has 0 radical (unpaired) electrons. The largest absolute Gasteiger partial charge is 0.478 e. The Hall–Kier alpha value is -1.32. The Morgan fingerprint density at radius 3 is 2.25 bits per heavy atom. The smallest absolute Gasteiger partial charge is 0.328 e. The van der Waals surface area contributed by atoms with Crippen LogP contribution in [0.2, 0.25) is 0 Å². The standard InChI is InChI=1S/C4H4O4/c5-3(6)1-2-4(7)8/h1-2H,(H,5,6)(H,7,8)/b2-1+/i1D,2D,5-3. The number of carboxylic acids is 2. The molecule has 0 heterocycles. The minimum atomic E-state index is -1.72. The number of carboxylic acid groups (broad SMARTS) is 2. The van der Waals surface area contributed by atoms with Gasteiger partial charge in [0.1, 0.15) is 0 Å². The van der Waals surface area contributed by atoms with Gasteiger partial charge >= 0.3 is 11.9 Å². The molecule has 0 aromatic heterocycles. The van der Waals surface area contributed by atoms with Crippen molar-refractivity contribution in [3.63, 3.8) is 0 Å².